The molecule has 3 aromatic rings. The SMILES string of the molecule is O=C(Nc1ccc(Oc2ccc3c(c2)OCO3)cc1)Oc1ccccc1. The van der Waals surface area contributed by atoms with Crippen LogP contribution in [0.25, 0.3) is 0 Å². The fourth-order valence-corrected chi connectivity index (χ4v) is 2.42. The molecule has 6 heteroatoms. The number of carbonyl (C=O) groups is 1. The Hall–Kier alpha value is -3.67. The van der Waals surface area contributed by atoms with Crippen molar-refractivity contribution in [2.75, 3.05) is 12.1 Å². The fourth-order valence-electron chi connectivity index (χ4n) is 2.42. The first kappa shape index (κ1) is 15.8. The van der Waals surface area contributed by atoms with Crippen molar-refractivity contribution in [3.8, 4) is 28.7 Å². The number of carbonyl (C=O) groups excluding carboxylic acids is 1. The molecule has 0 spiro atoms. The number of anilines is 1. The summed E-state index contributed by atoms with van der Waals surface area (Å²) in [6, 6.07) is 21.2. The highest BCUT2D eigenvalue weighted by molar-refractivity contribution is 5.86. The molecule has 1 N–H and O–H groups in total. The van der Waals surface area contributed by atoms with Crippen molar-refractivity contribution in [1.29, 1.82) is 0 Å². The smallest absolute Gasteiger partial charge is 0.417 e. The number of hydrogen-bond donors (Lipinski definition) is 1. The number of hydrogen-bond acceptors (Lipinski definition) is 5. The third-order valence-corrected chi connectivity index (χ3v) is 3.63. The first-order valence-corrected chi connectivity index (χ1v) is 7.98. The summed E-state index contributed by atoms with van der Waals surface area (Å²) in [6.45, 7) is 0.220. The summed E-state index contributed by atoms with van der Waals surface area (Å²) >= 11 is 0. The van der Waals surface area contributed by atoms with E-state index in [1.54, 1.807) is 66.7 Å². The van der Waals surface area contributed by atoms with Gasteiger partial charge in [0.2, 0.25) is 6.79 Å². The lowest BCUT2D eigenvalue weighted by molar-refractivity contribution is 0.174. The number of rotatable bonds is 4. The lowest BCUT2D eigenvalue weighted by Crippen LogP contribution is -2.16. The summed E-state index contributed by atoms with van der Waals surface area (Å²) in [5.74, 6) is 3.11. The summed E-state index contributed by atoms with van der Waals surface area (Å²) < 4.78 is 21.6. The zero-order chi connectivity index (χ0) is 17.8. The van der Waals surface area contributed by atoms with E-state index in [0.717, 1.165) is 0 Å². The summed E-state index contributed by atoms with van der Waals surface area (Å²) in [5.41, 5.74) is 0.601. The van der Waals surface area contributed by atoms with Crippen molar-refractivity contribution in [1.82, 2.24) is 0 Å². The van der Waals surface area contributed by atoms with Crippen LogP contribution < -0.4 is 24.3 Å². The van der Waals surface area contributed by atoms with E-state index in [0.29, 0.717) is 34.4 Å². The van der Waals surface area contributed by atoms with Crippen molar-refractivity contribution >= 4 is 11.8 Å². The van der Waals surface area contributed by atoms with Crippen LogP contribution >= 0.6 is 0 Å². The van der Waals surface area contributed by atoms with Crippen molar-refractivity contribution in [2.24, 2.45) is 0 Å². The minimum Gasteiger partial charge on any atom is -0.457 e. The molecule has 0 bridgehead atoms. The number of fused-ring (bicyclic) bond motifs is 1. The molecule has 6 nitrogen and oxygen atoms in total. The molecule has 4 rings (SSSR count). The van der Waals surface area contributed by atoms with E-state index in [9.17, 15) is 4.79 Å². The molecule has 0 aliphatic carbocycles. The molecule has 3 aromatic carbocycles. The minimum absolute atomic E-state index is 0.220. The highest BCUT2D eigenvalue weighted by Crippen LogP contribution is 2.36. The number of ether oxygens (including phenoxy) is 4. The average Bonchev–Trinajstić information content (AvgIpc) is 3.12. The number of benzene rings is 3. The Labute approximate surface area is 149 Å². The van der Waals surface area contributed by atoms with Crippen LogP contribution in [0.15, 0.2) is 72.8 Å². The van der Waals surface area contributed by atoms with E-state index in [1.807, 2.05) is 6.07 Å². The summed E-state index contributed by atoms with van der Waals surface area (Å²) in [6.07, 6.45) is -0.555. The van der Waals surface area contributed by atoms with Gasteiger partial charge in [0.15, 0.2) is 11.5 Å². The van der Waals surface area contributed by atoms with Crippen LogP contribution in [-0.4, -0.2) is 12.9 Å². The van der Waals surface area contributed by atoms with Crippen molar-refractivity contribution in [3.63, 3.8) is 0 Å². The Morgan fingerprint density at radius 1 is 0.808 bits per heavy atom. The summed E-state index contributed by atoms with van der Waals surface area (Å²) in [5, 5.41) is 2.66. The fraction of sp³-hybridized carbons (Fsp3) is 0.0500. The van der Waals surface area contributed by atoms with Gasteiger partial charge in [-0.25, -0.2) is 4.79 Å². The number of nitrogens with one attached hydrogen (secondary N) is 1. The van der Waals surface area contributed by atoms with Gasteiger partial charge in [0.05, 0.1) is 0 Å². The maximum atomic E-state index is 11.9. The van der Waals surface area contributed by atoms with Gasteiger partial charge in [-0.05, 0) is 48.5 Å². The van der Waals surface area contributed by atoms with Crippen LogP contribution in [0.5, 0.6) is 28.7 Å². The van der Waals surface area contributed by atoms with Gasteiger partial charge in [-0.3, -0.25) is 5.32 Å². The Bertz CT molecular complexity index is 909. The largest absolute Gasteiger partial charge is 0.457 e. The minimum atomic E-state index is -0.555. The van der Waals surface area contributed by atoms with Gasteiger partial charge < -0.3 is 18.9 Å². The topological polar surface area (TPSA) is 66.0 Å². The highest BCUT2D eigenvalue weighted by Gasteiger charge is 2.14. The molecular formula is C20H15NO5. The molecule has 1 heterocycles. The van der Waals surface area contributed by atoms with Crippen LogP contribution in [0, 0.1) is 0 Å². The van der Waals surface area contributed by atoms with Crippen LogP contribution in [0.3, 0.4) is 0 Å². The maximum Gasteiger partial charge on any atom is 0.417 e. The Kier molecular flexibility index (Phi) is 4.30. The van der Waals surface area contributed by atoms with Gasteiger partial charge >= 0.3 is 6.09 Å². The van der Waals surface area contributed by atoms with Gasteiger partial charge in [-0.15, -0.1) is 0 Å². The molecular weight excluding hydrogens is 334 g/mol. The lowest BCUT2D eigenvalue weighted by atomic mass is 10.3. The van der Waals surface area contributed by atoms with Crippen molar-refractivity contribution in [3.05, 3.63) is 72.8 Å². The van der Waals surface area contributed by atoms with E-state index in [-0.39, 0.29) is 6.79 Å². The third kappa shape index (κ3) is 3.70. The Balaban J connectivity index is 1.36. The van der Waals surface area contributed by atoms with Crippen LogP contribution in [0.1, 0.15) is 0 Å². The Morgan fingerprint density at radius 3 is 2.35 bits per heavy atom. The van der Waals surface area contributed by atoms with Crippen LogP contribution in [-0.2, 0) is 0 Å². The number of amides is 1. The summed E-state index contributed by atoms with van der Waals surface area (Å²) in [7, 11) is 0. The normalized spacial score (nSPS) is 11.7. The third-order valence-electron chi connectivity index (χ3n) is 3.63. The van der Waals surface area contributed by atoms with Crippen molar-refractivity contribution < 1.29 is 23.7 Å². The predicted molar refractivity (Wildman–Crippen MR) is 95.2 cm³/mol. The van der Waals surface area contributed by atoms with E-state index in [1.165, 1.54) is 0 Å². The molecule has 1 aliphatic rings. The van der Waals surface area contributed by atoms with Gasteiger partial charge in [0.25, 0.3) is 0 Å². The molecule has 0 aromatic heterocycles. The van der Waals surface area contributed by atoms with Crippen molar-refractivity contribution in [2.45, 2.75) is 0 Å². The second kappa shape index (κ2) is 7.06. The second-order valence-corrected chi connectivity index (χ2v) is 5.47. The first-order valence-electron chi connectivity index (χ1n) is 7.98. The summed E-state index contributed by atoms with van der Waals surface area (Å²) in [4.78, 5) is 11.9. The second-order valence-electron chi connectivity index (χ2n) is 5.47. The molecule has 26 heavy (non-hydrogen) atoms. The molecule has 0 atom stereocenters. The molecule has 0 unspecified atom stereocenters. The zero-order valence-electron chi connectivity index (χ0n) is 13.7. The average molecular weight is 349 g/mol. The van der Waals surface area contributed by atoms with Crippen LogP contribution in [0.2, 0.25) is 0 Å². The quantitative estimate of drug-likeness (QED) is 0.731. The standard InChI is InChI=1S/C20H15NO5/c22-20(26-15-4-2-1-3-5-15)21-14-6-8-16(9-7-14)25-17-10-11-18-19(12-17)24-13-23-18/h1-12H,13H2,(H,21,22). The first-order chi connectivity index (χ1) is 12.8. The molecule has 0 saturated heterocycles. The highest BCUT2D eigenvalue weighted by atomic mass is 16.7. The van der Waals surface area contributed by atoms with Gasteiger partial charge in [-0.2, -0.15) is 0 Å². The molecule has 0 fully saturated rings. The molecule has 0 radical (unpaired) electrons. The van der Waals surface area contributed by atoms with E-state index < -0.39 is 6.09 Å². The van der Waals surface area contributed by atoms with Crippen LogP contribution in [0.4, 0.5) is 10.5 Å². The molecule has 0 saturated carbocycles. The van der Waals surface area contributed by atoms with Gasteiger partial charge in [-0.1, -0.05) is 18.2 Å². The monoisotopic (exact) mass is 349 g/mol. The molecule has 1 amide bonds. The maximum absolute atomic E-state index is 11.9. The Morgan fingerprint density at radius 2 is 1.54 bits per heavy atom. The zero-order valence-corrected chi connectivity index (χ0v) is 13.7. The van der Waals surface area contributed by atoms with Gasteiger partial charge in [0, 0.05) is 11.8 Å². The van der Waals surface area contributed by atoms with E-state index in [2.05, 4.69) is 5.32 Å². The number of para-hydroxylation sites is 1. The predicted octanol–water partition coefficient (Wildman–Crippen LogP) is 4.82. The van der Waals surface area contributed by atoms with E-state index >= 15 is 0 Å². The van der Waals surface area contributed by atoms with Gasteiger partial charge in [0.1, 0.15) is 17.2 Å². The molecule has 130 valence electrons. The van der Waals surface area contributed by atoms with E-state index in [4.69, 9.17) is 18.9 Å². The lowest BCUT2D eigenvalue weighted by Gasteiger charge is -2.09. The molecule has 1 aliphatic heterocycles.